The Balaban J connectivity index is 1.32. The number of anilines is 2. The summed E-state index contributed by atoms with van der Waals surface area (Å²) in [4.78, 5) is 44.0. The standard InChI is InChI=1S/C25H30FN5O3/c1-18-3-2-4-20(15-18)28-23(32)16-22-25(34)27-9-10-31(22)24(33)17-29-11-13-30(14-12-29)21-7-5-19(26)6-8-21/h2-8,15,22H,9-14,16-17H2,1H3,(H,27,34)(H,28,32)/t22-/m1/s1. The Labute approximate surface area is 198 Å². The fourth-order valence-electron chi connectivity index (χ4n) is 4.42. The van der Waals surface area contributed by atoms with Crippen LogP contribution in [-0.4, -0.2) is 79.4 Å². The number of aryl methyl sites for hydroxylation is 1. The van der Waals surface area contributed by atoms with Gasteiger partial charge in [-0.1, -0.05) is 12.1 Å². The molecule has 34 heavy (non-hydrogen) atoms. The van der Waals surface area contributed by atoms with Gasteiger partial charge in [-0.15, -0.1) is 0 Å². The van der Waals surface area contributed by atoms with E-state index in [9.17, 15) is 18.8 Å². The lowest BCUT2D eigenvalue weighted by molar-refractivity contribution is -0.145. The number of carbonyl (C=O) groups excluding carboxylic acids is 3. The lowest BCUT2D eigenvalue weighted by Gasteiger charge is -2.39. The van der Waals surface area contributed by atoms with Gasteiger partial charge in [-0.05, 0) is 48.9 Å². The number of piperazine rings is 2. The molecule has 1 atom stereocenters. The Kier molecular flexibility index (Phi) is 7.42. The first kappa shape index (κ1) is 23.7. The van der Waals surface area contributed by atoms with Gasteiger partial charge < -0.3 is 20.4 Å². The molecule has 8 nitrogen and oxygen atoms in total. The lowest BCUT2D eigenvalue weighted by Crippen LogP contribution is -2.60. The fraction of sp³-hybridized carbons (Fsp3) is 0.400. The van der Waals surface area contributed by atoms with Crippen LogP contribution in [0.25, 0.3) is 0 Å². The molecule has 2 fully saturated rings. The van der Waals surface area contributed by atoms with Crippen molar-refractivity contribution in [2.24, 2.45) is 0 Å². The van der Waals surface area contributed by atoms with E-state index in [1.165, 1.54) is 17.0 Å². The number of halogens is 1. The number of amides is 3. The van der Waals surface area contributed by atoms with Crippen LogP contribution in [-0.2, 0) is 14.4 Å². The van der Waals surface area contributed by atoms with Crippen LogP contribution < -0.4 is 15.5 Å². The summed E-state index contributed by atoms with van der Waals surface area (Å²) in [6.07, 6.45) is -0.0934. The number of hydrogen-bond acceptors (Lipinski definition) is 5. The maximum Gasteiger partial charge on any atom is 0.243 e. The molecule has 0 aliphatic carbocycles. The van der Waals surface area contributed by atoms with Crippen LogP contribution in [0.1, 0.15) is 12.0 Å². The van der Waals surface area contributed by atoms with Crippen LogP contribution in [0.5, 0.6) is 0 Å². The molecule has 0 aromatic heterocycles. The van der Waals surface area contributed by atoms with E-state index in [1.54, 1.807) is 18.2 Å². The molecule has 2 aromatic rings. The monoisotopic (exact) mass is 467 g/mol. The molecule has 2 aliphatic heterocycles. The second-order valence-electron chi connectivity index (χ2n) is 8.76. The average molecular weight is 468 g/mol. The molecule has 2 saturated heterocycles. The summed E-state index contributed by atoms with van der Waals surface area (Å²) in [6, 6.07) is 13.0. The van der Waals surface area contributed by atoms with Gasteiger partial charge in [-0.2, -0.15) is 0 Å². The molecule has 0 radical (unpaired) electrons. The quantitative estimate of drug-likeness (QED) is 0.675. The van der Waals surface area contributed by atoms with Gasteiger partial charge in [0.15, 0.2) is 0 Å². The van der Waals surface area contributed by atoms with Crippen LogP contribution in [0.2, 0.25) is 0 Å². The van der Waals surface area contributed by atoms with Gasteiger partial charge >= 0.3 is 0 Å². The second-order valence-corrected chi connectivity index (χ2v) is 8.76. The lowest BCUT2D eigenvalue weighted by atomic mass is 10.1. The minimum atomic E-state index is -0.827. The summed E-state index contributed by atoms with van der Waals surface area (Å²) in [5.74, 6) is -1.03. The zero-order valence-corrected chi connectivity index (χ0v) is 19.3. The molecular weight excluding hydrogens is 437 g/mol. The number of carbonyl (C=O) groups is 3. The number of hydrogen-bond donors (Lipinski definition) is 2. The SMILES string of the molecule is Cc1cccc(NC(=O)C[C@@H]2C(=O)NCCN2C(=O)CN2CCN(c3ccc(F)cc3)CC2)c1. The minimum Gasteiger partial charge on any atom is -0.369 e. The first-order valence-corrected chi connectivity index (χ1v) is 11.6. The predicted molar refractivity (Wildman–Crippen MR) is 128 cm³/mol. The molecular formula is C25H30FN5O3. The summed E-state index contributed by atoms with van der Waals surface area (Å²) in [7, 11) is 0. The Bertz CT molecular complexity index is 1040. The topological polar surface area (TPSA) is 85.0 Å². The molecule has 180 valence electrons. The zero-order chi connectivity index (χ0) is 24.1. The third kappa shape index (κ3) is 5.91. The number of nitrogens with zero attached hydrogens (tertiary/aromatic N) is 3. The van der Waals surface area contributed by atoms with Crippen molar-refractivity contribution < 1.29 is 18.8 Å². The van der Waals surface area contributed by atoms with E-state index in [0.29, 0.717) is 31.9 Å². The Morgan fingerprint density at radius 2 is 1.79 bits per heavy atom. The van der Waals surface area contributed by atoms with Crippen molar-refractivity contribution in [3.05, 3.63) is 59.9 Å². The highest BCUT2D eigenvalue weighted by Crippen LogP contribution is 2.18. The maximum atomic E-state index is 13.2. The van der Waals surface area contributed by atoms with Crippen molar-refractivity contribution in [3.8, 4) is 0 Å². The normalized spacial score (nSPS) is 19.0. The zero-order valence-electron chi connectivity index (χ0n) is 19.3. The van der Waals surface area contributed by atoms with E-state index in [1.807, 2.05) is 25.1 Å². The third-order valence-corrected chi connectivity index (χ3v) is 6.25. The molecule has 0 unspecified atom stereocenters. The molecule has 0 saturated carbocycles. The van der Waals surface area contributed by atoms with Crippen LogP contribution in [0.3, 0.4) is 0 Å². The van der Waals surface area contributed by atoms with Gasteiger partial charge in [0.2, 0.25) is 17.7 Å². The highest BCUT2D eigenvalue weighted by molar-refractivity contribution is 5.97. The molecule has 9 heteroatoms. The van der Waals surface area contributed by atoms with E-state index in [0.717, 1.165) is 24.3 Å². The molecule has 2 heterocycles. The summed E-state index contributed by atoms with van der Waals surface area (Å²) in [6.45, 7) is 5.69. The van der Waals surface area contributed by atoms with E-state index < -0.39 is 6.04 Å². The number of benzene rings is 2. The van der Waals surface area contributed by atoms with Crippen molar-refractivity contribution in [1.29, 1.82) is 0 Å². The molecule has 4 rings (SSSR count). The highest BCUT2D eigenvalue weighted by Gasteiger charge is 2.35. The van der Waals surface area contributed by atoms with E-state index in [4.69, 9.17) is 0 Å². The first-order chi connectivity index (χ1) is 16.4. The van der Waals surface area contributed by atoms with Crippen molar-refractivity contribution in [2.75, 3.05) is 56.0 Å². The van der Waals surface area contributed by atoms with Crippen molar-refractivity contribution in [1.82, 2.24) is 15.1 Å². The van der Waals surface area contributed by atoms with Crippen molar-refractivity contribution in [2.45, 2.75) is 19.4 Å². The molecule has 2 N–H and O–H groups in total. The number of rotatable bonds is 6. The molecule has 0 spiro atoms. The Hall–Kier alpha value is -3.46. The number of nitrogens with one attached hydrogen (secondary N) is 2. The van der Waals surface area contributed by atoms with Crippen LogP contribution in [0.4, 0.5) is 15.8 Å². The van der Waals surface area contributed by atoms with E-state index in [-0.39, 0.29) is 36.5 Å². The maximum absolute atomic E-state index is 13.2. The van der Waals surface area contributed by atoms with Gasteiger partial charge in [0, 0.05) is 50.6 Å². The smallest absolute Gasteiger partial charge is 0.243 e. The molecule has 3 amide bonds. The summed E-state index contributed by atoms with van der Waals surface area (Å²) >= 11 is 0. The average Bonchev–Trinajstić information content (AvgIpc) is 2.81. The van der Waals surface area contributed by atoms with E-state index >= 15 is 0 Å². The van der Waals surface area contributed by atoms with Gasteiger partial charge in [0.1, 0.15) is 11.9 Å². The summed E-state index contributed by atoms with van der Waals surface area (Å²) < 4.78 is 13.2. The minimum absolute atomic E-state index is 0.0934. The fourth-order valence-corrected chi connectivity index (χ4v) is 4.42. The van der Waals surface area contributed by atoms with Crippen molar-refractivity contribution in [3.63, 3.8) is 0 Å². The Morgan fingerprint density at radius 3 is 2.50 bits per heavy atom. The molecule has 2 aromatic carbocycles. The van der Waals surface area contributed by atoms with Gasteiger partial charge in [0.25, 0.3) is 0 Å². The predicted octanol–water partition coefficient (Wildman–Crippen LogP) is 1.61. The van der Waals surface area contributed by atoms with Crippen LogP contribution in [0.15, 0.2) is 48.5 Å². The van der Waals surface area contributed by atoms with Crippen LogP contribution >= 0.6 is 0 Å². The summed E-state index contributed by atoms with van der Waals surface area (Å²) in [5, 5.41) is 5.59. The Morgan fingerprint density at radius 1 is 1.06 bits per heavy atom. The van der Waals surface area contributed by atoms with E-state index in [2.05, 4.69) is 20.4 Å². The molecule has 2 aliphatic rings. The highest BCUT2D eigenvalue weighted by atomic mass is 19.1. The van der Waals surface area contributed by atoms with Crippen LogP contribution in [0, 0.1) is 12.7 Å². The van der Waals surface area contributed by atoms with Crippen molar-refractivity contribution >= 4 is 29.1 Å². The largest absolute Gasteiger partial charge is 0.369 e. The summed E-state index contributed by atoms with van der Waals surface area (Å²) in [5.41, 5.74) is 2.64. The third-order valence-electron chi connectivity index (χ3n) is 6.25. The van der Waals surface area contributed by atoms with Gasteiger partial charge in [-0.25, -0.2) is 4.39 Å². The molecule has 0 bridgehead atoms. The first-order valence-electron chi connectivity index (χ1n) is 11.6. The van der Waals surface area contributed by atoms with Gasteiger partial charge in [-0.3, -0.25) is 19.3 Å². The van der Waals surface area contributed by atoms with Gasteiger partial charge in [0.05, 0.1) is 13.0 Å². The second kappa shape index (κ2) is 10.6.